The monoisotopic (exact) mass is 385 g/mol. The quantitative estimate of drug-likeness (QED) is 0.581. The van der Waals surface area contributed by atoms with Crippen LogP contribution in [0.15, 0.2) is 42.7 Å². The van der Waals surface area contributed by atoms with E-state index in [2.05, 4.69) is 15.5 Å². The standard InChI is InChI=1S/C21H19N7O/c1-4-28-13(2)17(12-24-28)19-9-16(15-7-5-6-8-18(15)25-19)21(29)26-20-14(10-22)11-23-27(20)3/h5-9,11-12H,4H2,1-3H3,(H,26,29). The second-order valence-corrected chi connectivity index (χ2v) is 6.63. The van der Waals surface area contributed by atoms with E-state index in [1.54, 1.807) is 19.3 Å². The minimum absolute atomic E-state index is 0.305. The van der Waals surface area contributed by atoms with Crippen molar-refractivity contribution in [1.82, 2.24) is 24.5 Å². The number of rotatable bonds is 4. The van der Waals surface area contributed by atoms with E-state index < -0.39 is 0 Å². The number of fused-ring (bicyclic) bond motifs is 1. The summed E-state index contributed by atoms with van der Waals surface area (Å²) in [5.74, 6) is 0.0282. The van der Waals surface area contributed by atoms with Gasteiger partial charge >= 0.3 is 0 Å². The van der Waals surface area contributed by atoms with Gasteiger partial charge < -0.3 is 5.32 Å². The number of nitrogens with one attached hydrogen (secondary N) is 1. The smallest absolute Gasteiger partial charge is 0.257 e. The number of para-hydroxylation sites is 1. The second kappa shape index (κ2) is 7.20. The van der Waals surface area contributed by atoms with Gasteiger partial charge in [-0.25, -0.2) is 4.98 Å². The molecular formula is C21H19N7O. The summed E-state index contributed by atoms with van der Waals surface area (Å²) in [6.07, 6.45) is 3.20. The van der Waals surface area contributed by atoms with E-state index in [0.717, 1.165) is 23.2 Å². The Bertz CT molecular complexity index is 1280. The highest BCUT2D eigenvalue weighted by Gasteiger charge is 2.19. The van der Waals surface area contributed by atoms with Gasteiger partial charge in [0.15, 0.2) is 0 Å². The first-order valence-electron chi connectivity index (χ1n) is 9.19. The molecule has 29 heavy (non-hydrogen) atoms. The molecule has 0 unspecified atom stereocenters. The van der Waals surface area contributed by atoms with Crippen LogP contribution in [0.5, 0.6) is 0 Å². The summed E-state index contributed by atoms with van der Waals surface area (Å²) in [4.78, 5) is 17.9. The van der Waals surface area contributed by atoms with Gasteiger partial charge in [-0.3, -0.25) is 14.2 Å². The van der Waals surface area contributed by atoms with E-state index in [1.165, 1.54) is 10.9 Å². The Morgan fingerprint density at radius 2 is 2.03 bits per heavy atom. The summed E-state index contributed by atoms with van der Waals surface area (Å²) in [7, 11) is 1.68. The van der Waals surface area contributed by atoms with E-state index in [-0.39, 0.29) is 5.91 Å². The lowest BCUT2D eigenvalue weighted by atomic mass is 10.0. The first kappa shape index (κ1) is 18.4. The van der Waals surface area contributed by atoms with Crippen LogP contribution in [-0.2, 0) is 13.6 Å². The van der Waals surface area contributed by atoms with Crippen molar-refractivity contribution >= 4 is 22.6 Å². The second-order valence-electron chi connectivity index (χ2n) is 6.63. The van der Waals surface area contributed by atoms with Gasteiger partial charge in [-0.05, 0) is 26.0 Å². The molecular weight excluding hydrogens is 366 g/mol. The molecule has 0 fully saturated rings. The van der Waals surface area contributed by atoms with Crippen LogP contribution in [0.2, 0.25) is 0 Å². The molecule has 144 valence electrons. The highest BCUT2D eigenvalue weighted by molar-refractivity contribution is 6.13. The van der Waals surface area contributed by atoms with Crippen molar-refractivity contribution in [2.75, 3.05) is 5.32 Å². The number of benzene rings is 1. The predicted octanol–water partition coefficient (Wildman–Crippen LogP) is 3.28. The van der Waals surface area contributed by atoms with Crippen molar-refractivity contribution in [2.24, 2.45) is 7.05 Å². The highest BCUT2D eigenvalue weighted by atomic mass is 16.1. The van der Waals surface area contributed by atoms with Crippen molar-refractivity contribution in [3.8, 4) is 17.3 Å². The number of nitriles is 1. The van der Waals surface area contributed by atoms with Crippen molar-refractivity contribution in [1.29, 1.82) is 5.26 Å². The Morgan fingerprint density at radius 1 is 1.24 bits per heavy atom. The average Bonchev–Trinajstić information content (AvgIpc) is 3.29. The zero-order valence-electron chi connectivity index (χ0n) is 16.3. The first-order valence-corrected chi connectivity index (χ1v) is 9.19. The Balaban J connectivity index is 1.85. The summed E-state index contributed by atoms with van der Waals surface area (Å²) >= 11 is 0. The van der Waals surface area contributed by atoms with Gasteiger partial charge in [-0.2, -0.15) is 15.5 Å². The summed E-state index contributed by atoms with van der Waals surface area (Å²) in [5, 5.41) is 21.2. The van der Waals surface area contributed by atoms with Crippen LogP contribution < -0.4 is 5.32 Å². The van der Waals surface area contributed by atoms with Gasteiger partial charge in [-0.1, -0.05) is 18.2 Å². The maximum Gasteiger partial charge on any atom is 0.257 e. The minimum atomic E-state index is -0.328. The molecule has 8 heteroatoms. The molecule has 3 heterocycles. The number of aryl methyl sites for hydroxylation is 2. The molecule has 0 saturated heterocycles. The van der Waals surface area contributed by atoms with Crippen LogP contribution in [0.3, 0.4) is 0 Å². The third-order valence-corrected chi connectivity index (χ3v) is 4.93. The molecule has 0 spiro atoms. The van der Waals surface area contributed by atoms with E-state index in [0.29, 0.717) is 28.2 Å². The Hall–Kier alpha value is -3.99. The van der Waals surface area contributed by atoms with Crippen LogP contribution in [0, 0.1) is 18.3 Å². The molecule has 0 aliphatic rings. The van der Waals surface area contributed by atoms with E-state index in [1.807, 2.05) is 48.9 Å². The molecule has 0 aliphatic heterocycles. The van der Waals surface area contributed by atoms with Crippen LogP contribution in [-0.4, -0.2) is 30.5 Å². The lowest BCUT2D eigenvalue weighted by Gasteiger charge is -2.11. The Labute approximate surface area is 167 Å². The normalized spacial score (nSPS) is 10.8. The molecule has 0 saturated carbocycles. The Morgan fingerprint density at radius 3 is 2.76 bits per heavy atom. The molecule has 1 amide bonds. The Kier molecular flexibility index (Phi) is 4.56. The molecule has 3 aromatic heterocycles. The van der Waals surface area contributed by atoms with E-state index in [4.69, 9.17) is 4.98 Å². The SMILES string of the molecule is CCn1ncc(-c2cc(C(=O)Nc3c(C#N)cnn3C)c3ccccc3n2)c1C. The maximum absolute atomic E-state index is 13.2. The molecule has 1 N–H and O–H groups in total. The van der Waals surface area contributed by atoms with E-state index >= 15 is 0 Å². The number of hydrogen-bond donors (Lipinski definition) is 1. The maximum atomic E-state index is 13.2. The van der Waals surface area contributed by atoms with Crippen molar-refractivity contribution < 1.29 is 4.79 Å². The molecule has 4 aromatic rings. The van der Waals surface area contributed by atoms with Crippen molar-refractivity contribution in [3.63, 3.8) is 0 Å². The van der Waals surface area contributed by atoms with E-state index in [9.17, 15) is 10.1 Å². The minimum Gasteiger partial charge on any atom is -0.306 e. The van der Waals surface area contributed by atoms with Crippen LogP contribution in [0.1, 0.15) is 28.5 Å². The summed E-state index contributed by atoms with van der Waals surface area (Å²) in [6, 6.07) is 11.3. The molecule has 8 nitrogen and oxygen atoms in total. The van der Waals surface area contributed by atoms with Crippen molar-refractivity contribution in [2.45, 2.75) is 20.4 Å². The zero-order valence-corrected chi connectivity index (χ0v) is 16.3. The number of carbonyl (C=O) groups is 1. The first-order chi connectivity index (χ1) is 14.0. The van der Waals surface area contributed by atoms with Crippen LogP contribution in [0.25, 0.3) is 22.2 Å². The predicted molar refractivity (Wildman–Crippen MR) is 109 cm³/mol. The van der Waals surface area contributed by atoms with Gasteiger partial charge in [0.25, 0.3) is 5.91 Å². The zero-order chi connectivity index (χ0) is 20.5. The lowest BCUT2D eigenvalue weighted by molar-refractivity contribution is 0.102. The third-order valence-electron chi connectivity index (χ3n) is 4.93. The van der Waals surface area contributed by atoms with Gasteiger partial charge in [-0.15, -0.1) is 0 Å². The fourth-order valence-electron chi connectivity index (χ4n) is 3.36. The number of carbonyl (C=O) groups excluding carboxylic acids is 1. The number of amides is 1. The fraction of sp³-hybridized carbons (Fsp3) is 0.190. The van der Waals surface area contributed by atoms with Gasteiger partial charge in [0, 0.05) is 30.2 Å². The molecule has 0 bridgehead atoms. The summed E-state index contributed by atoms with van der Waals surface area (Å²) in [6.45, 7) is 4.76. The van der Waals surface area contributed by atoms with Gasteiger partial charge in [0.2, 0.25) is 0 Å². The average molecular weight is 385 g/mol. The largest absolute Gasteiger partial charge is 0.306 e. The summed E-state index contributed by atoms with van der Waals surface area (Å²) < 4.78 is 3.36. The van der Waals surface area contributed by atoms with Crippen LogP contribution in [0.4, 0.5) is 5.82 Å². The van der Waals surface area contributed by atoms with Gasteiger partial charge in [0.05, 0.1) is 29.2 Å². The van der Waals surface area contributed by atoms with Crippen LogP contribution >= 0.6 is 0 Å². The number of nitrogens with zero attached hydrogens (tertiary/aromatic N) is 6. The number of anilines is 1. The van der Waals surface area contributed by atoms with Crippen molar-refractivity contribution in [3.05, 3.63) is 59.5 Å². The third kappa shape index (κ3) is 3.12. The van der Waals surface area contributed by atoms with Gasteiger partial charge in [0.1, 0.15) is 17.5 Å². The topological polar surface area (TPSA) is 101 Å². The lowest BCUT2D eigenvalue weighted by Crippen LogP contribution is -2.16. The molecule has 0 radical (unpaired) electrons. The number of aromatic nitrogens is 5. The molecule has 1 aromatic carbocycles. The number of hydrogen-bond acceptors (Lipinski definition) is 5. The number of pyridine rings is 1. The summed E-state index contributed by atoms with van der Waals surface area (Å²) in [5.41, 5.74) is 4.03. The molecule has 0 atom stereocenters. The molecule has 0 aliphatic carbocycles. The fourth-order valence-corrected chi connectivity index (χ4v) is 3.36. The highest BCUT2D eigenvalue weighted by Crippen LogP contribution is 2.28. The molecule has 4 rings (SSSR count).